The van der Waals surface area contributed by atoms with Gasteiger partial charge in [0.25, 0.3) is 5.91 Å². The number of fused-ring (bicyclic) bond motifs is 2. The van der Waals surface area contributed by atoms with E-state index in [2.05, 4.69) is 25.5 Å². The van der Waals surface area contributed by atoms with Crippen molar-refractivity contribution in [2.75, 3.05) is 0 Å². The number of carbonyl (C=O) groups is 1. The molecule has 1 unspecified atom stereocenters. The van der Waals surface area contributed by atoms with Crippen LogP contribution in [0.4, 0.5) is 13.2 Å². The molecule has 11 heteroatoms. The molecule has 1 saturated carbocycles. The number of alkyl halides is 3. The second kappa shape index (κ2) is 6.51. The van der Waals surface area contributed by atoms with E-state index in [1.807, 2.05) is 19.1 Å². The van der Waals surface area contributed by atoms with Crippen LogP contribution in [0, 0.1) is 12.8 Å². The van der Waals surface area contributed by atoms with Crippen LogP contribution >= 0.6 is 0 Å². The molecule has 0 radical (unpaired) electrons. The van der Waals surface area contributed by atoms with E-state index < -0.39 is 24.0 Å². The van der Waals surface area contributed by atoms with Crippen molar-refractivity contribution in [1.82, 2.24) is 34.3 Å². The molecule has 4 heterocycles. The van der Waals surface area contributed by atoms with Gasteiger partial charge in [0, 0.05) is 17.5 Å². The zero-order valence-electron chi connectivity index (χ0n) is 15.8. The highest BCUT2D eigenvalue weighted by molar-refractivity contribution is 5.98. The van der Waals surface area contributed by atoms with Crippen molar-refractivity contribution in [3.8, 4) is 11.3 Å². The number of aryl methyl sites for hydroxylation is 1. The molecule has 1 aliphatic carbocycles. The van der Waals surface area contributed by atoms with Gasteiger partial charge in [-0.25, -0.2) is 9.97 Å². The molecule has 4 aromatic rings. The van der Waals surface area contributed by atoms with Gasteiger partial charge in [-0.05, 0) is 43.9 Å². The van der Waals surface area contributed by atoms with Crippen molar-refractivity contribution in [1.29, 1.82) is 0 Å². The van der Waals surface area contributed by atoms with Crippen molar-refractivity contribution in [2.24, 2.45) is 5.92 Å². The van der Waals surface area contributed by atoms with Crippen molar-refractivity contribution < 1.29 is 18.0 Å². The highest BCUT2D eigenvalue weighted by Gasteiger charge is 2.50. The Kier molecular flexibility index (Phi) is 4.02. The van der Waals surface area contributed by atoms with Gasteiger partial charge in [-0.3, -0.25) is 13.6 Å². The van der Waals surface area contributed by atoms with Crippen LogP contribution < -0.4 is 5.32 Å². The second-order valence-corrected chi connectivity index (χ2v) is 7.41. The summed E-state index contributed by atoms with van der Waals surface area (Å²) in [5.41, 5.74) is 2.76. The Labute approximate surface area is 167 Å². The first-order chi connectivity index (χ1) is 14.3. The molecule has 0 aromatic carbocycles. The summed E-state index contributed by atoms with van der Waals surface area (Å²) in [7, 11) is 0. The Morgan fingerprint density at radius 1 is 1.27 bits per heavy atom. The minimum Gasteiger partial charge on any atom is -0.339 e. The topological polar surface area (TPSA) is 89.5 Å². The van der Waals surface area contributed by atoms with Crippen LogP contribution in [0.15, 0.2) is 37.1 Å². The van der Waals surface area contributed by atoms with Gasteiger partial charge in [-0.2, -0.15) is 13.2 Å². The molecule has 8 nitrogen and oxygen atoms in total. The average Bonchev–Trinajstić information content (AvgIpc) is 3.24. The van der Waals surface area contributed by atoms with Crippen molar-refractivity contribution in [3.63, 3.8) is 0 Å². The normalized spacial score (nSPS) is 15.6. The zero-order valence-corrected chi connectivity index (χ0v) is 15.8. The molecule has 0 bridgehead atoms. The van der Waals surface area contributed by atoms with Crippen molar-refractivity contribution in [2.45, 2.75) is 32.0 Å². The molecule has 1 N–H and O–H groups in total. The largest absolute Gasteiger partial charge is 0.408 e. The van der Waals surface area contributed by atoms with Crippen molar-refractivity contribution >= 4 is 17.2 Å². The Balaban J connectivity index is 1.54. The smallest absolute Gasteiger partial charge is 0.339 e. The zero-order chi connectivity index (χ0) is 21.0. The van der Waals surface area contributed by atoms with Gasteiger partial charge in [0.05, 0.1) is 5.69 Å². The number of aromatic nitrogens is 6. The van der Waals surface area contributed by atoms with Gasteiger partial charge >= 0.3 is 6.18 Å². The number of halogens is 3. The lowest BCUT2D eigenvalue weighted by Gasteiger charge is -2.20. The maximum Gasteiger partial charge on any atom is 0.408 e. The molecule has 0 saturated heterocycles. The first-order valence-corrected chi connectivity index (χ1v) is 9.33. The lowest BCUT2D eigenvalue weighted by molar-refractivity contribution is -0.158. The Morgan fingerprint density at radius 3 is 2.80 bits per heavy atom. The lowest BCUT2D eigenvalue weighted by atomic mass is 10.1. The van der Waals surface area contributed by atoms with Gasteiger partial charge in [0.2, 0.25) is 0 Å². The minimum absolute atomic E-state index is 0.139. The molecule has 1 atom stereocenters. The molecule has 30 heavy (non-hydrogen) atoms. The molecular formula is C19H16F3N7O. The number of hydrogen-bond acceptors (Lipinski definition) is 5. The first-order valence-electron chi connectivity index (χ1n) is 9.33. The van der Waals surface area contributed by atoms with E-state index in [1.54, 1.807) is 27.4 Å². The van der Waals surface area contributed by atoms with Gasteiger partial charge in [0.15, 0.2) is 17.0 Å². The van der Waals surface area contributed by atoms with E-state index in [1.165, 1.54) is 6.33 Å². The van der Waals surface area contributed by atoms with Crippen LogP contribution in [0.3, 0.4) is 0 Å². The fourth-order valence-corrected chi connectivity index (χ4v) is 3.51. The number of pyridine rings is 1. The molecule has 5 rings (SSSR count). The van der Waals surface area contributed by atoms with E-state index in [-0.39, 0.29) is 11.3 Å². The number of nitrogens with zero attached hydrogens (tertiary/aromatic N) is 6. The maximum atomic E-state index is 13.3. The standard InChI is InChI=1S/C19H16F3N7O/c1-10-6-13(12-4-5-14-27-24-9-28(14)7-12)25-17-15(23-8-29(10)17)18(30)26-16(11-2-3-11)19(20,21)22/h4-9,11,16H,2-3H2,1H3,(H,26,30). The fourth-order valence-electron chi connectivity index (χ4n) is 3.51. The van der Waals surface area contributed by atoms with Gasteiger partial charge in [-0.15, -0.1) is 10.2 Å². The molecule has 4 aromatic heterocycles. The van der Waals surface area contributed by atoms with Crippen LogP contribution in [0.2, 0.25) is 0 Å². The van der Waals surface area contributed by atoms with E-state index in [0.717, 1.165) is 11.3 Å². The summed E-state index contributed by atoms with van der Waals surface area (Å²) in [6.07, 6.45) is 1.12. The van der Waals surface area contributed by atoms with Crippen LogP contribution in [-0.4, -0.2) is 47.1 Å². The number of carbonyl (C=O) groups excluding carboxylic acids is 1. The molecular weight excluding hydrogens is 399 g/mol. The fraction of sp³-hybridized carbons (Fsp3) is 0.316. The summed E-state index contributed by atoms with van der Waals surface area (Å²) in [5, 5.41) is 9.90. The quantitative estimate of drug-likeness (QED) is 0.554. The third-order valence-corrected chi connectivity index (χ3v) is 5.23. The number of hydrogen-bond donors (Lipinski definition) is 1. The summed E-state index contributed by atoms with van der Waals surface area (Å²) in [5.74, 6) is -1.46. The predicted octanol–water partition coefficient (Wildman–Crippen LogP) is 2.82. The average molecular weight is 415 g/mol. The minimum atomic E-state index is -4.50. The molecule has 0 spiro atoms. The Hall–Kier alpha value is -3.50. The molecule has 1 aliphatic rings. The number of imidazole rings is 1. The van der Waals surface area contributed by atoms with Crippen LogP contribution in [-0.2, 0) is 0 Å². The summed E-state index contributed by atoms with van der Waals surface area (Å²) in [6, 6.07) is 3.52. The number of amides is 1. The van der Waals surface area contributed by atoms with Crippen LogP contribution in [0.5, 0.6) is 0 Å². The van der Waals surface area contributed by atoms with Gasteiger partial charge < -0.3 is 5.32 Å². The summed E-state index contributed by atoms with van der Waals surface area (Å²) in [6.45, 7) is 1.81. The van der Waals surface area contributed by atoms with Crippen LogP contribution in [0.25, 0.3) is 22.6 Å². The molecule has 1 fully saturated rings. The predicted molar refractivity (Wildman–Crippen MR) is 99.7 cm³/mol. The van der Waals surface area contributed by atoms with Gasteiger partial charge in [0.1, 0.15) is 18.7 Å². The first kappa shape index (κ1) is 18.5. The second-order valence-electron chi connectivity index (χ2n) is 7.41. The SMILES string of the molecule is Cc1cc(-c2ccc3nncn3c2)nc2c(C(=O)NC(C3CC3)C(F)(F)F)ncn12. The summed E-state index contributed by atoms with van der Waals surface area (Å²) >= 11 is 0. The third kappa shape index (κ3) is 3.15. The number of rotatable bonds is 4. The third-order valence-electron chi connectivity index (χ3n) is 5.23. The van der Waals surface area contributed by atoms with E-state index in [4.69, 9.17) is 0 Å². The van der Waals surface area contributed by atoms with Gasteiger partial charge in [-0.1, -0.05) is 0 Å². The molecule has 0 aliphatic heterocycles. The summed E-state index contributed by atoms with van der Waals surface area (Å²) < 4.78 is 43.2. The van der Waals surface area contributed by atoms with E-state index >= 15 is 0 Å². The molecule has 154 valence electrons. The Morgan fingerprint density at radius 2 is 2.07 bits per heavy atom. The maximum absolute atomic E-state index is 13.3. The summed E-state index contributed by atoms with van der Waals surface area (Å²) in [4.78, 5) is 21.2. The molecule has 1 amide bonds. The van der Waals surface area contributed by atoms with Crippen molar-refractivity contribution in [3.05, 3.63) is 48.4 Å². The highest BCUT2D eigenvalue weighted by Crippen LogP contribution is 2.40. The number of nitrogens with one attached hydrogen (secondary N) is 1. The lowest BCUT2D eigenvalue weighted by Crippen LogP contribution is -2.47. The monoisotopic (exact) mass is 415 g/mol. The van der Waals surface area contributed by atoms with Crippen LogP contribution in [0.1, 0.15) is 29.0 Å². The Bertz CT molecular complexity index is 1270. The van der Waals surface area contributed by atoms with E-state index in [0.29, 0.717) is 24.2 Å². The van der Waals surface area contributed by atoms with E-state index in [9.17, 15) is 18.0 Å². The highest BCUT2D eigenvalue weighted by atomic mass is 19.4.